The SMILES string of the molecule is BrCCCc1ccc(I)cc1.CC(C)(C)OC(=O)N(O)C(=O)OC(C)(C)C.CC(C)(C)OC(=O)N(OCCCc1ccc(I)cc1)C(=O)OC(C)(C)C. The average Bonchev–Trinajstić information content (AvgIpc) is 2.98. The van der Waals surface area contributed by atoms with Gasteiger partial charge in [0.2, 0.25) is 0 Å². The molecule has 0 aromatic heterocycles. The van der Waals surface area contributed by atoms with E-state index in [1.54, 1.807) is 83.1 Å². The minimum Gasteiger partial charge on any atom is -0.442 e. The highest BCUT2D eigenvalue weighted by atomic mass is 127. The van der Waals surface area contributed by atoms with Crippen molar-refractivity contribution in [2.45, 2.75) is 131 Å². The van der Waals surface area contributed by atoms with E-state index in [4.69, 9.17) is 23.8 Å². The highest BCUT2D eigenvalue weighted by molar-refractivity contribution is 14.1. The number of hydroxylamine groups is 4. The number of alkyl halides is 1. The van der Waals surface area contributed by atoms with Crippen LogP contribution in [0.1, 0.15) is 107 Å². The van der Waals surface area contributed by atoms with Crippen LogP contribution in [0.4, 0.5) is 19.2 Å². The molecule has 2 rings (SSSR count). The number of carbonyl (C=O) groups excluding carboxylic acids is 4. The Bertz CT molecular complexity index is 1360. The van der Waals surface area contributed by atoms with Crippen LogP contribution >= 0.6 is 61.1 Å². The van der Waals surface area contributed by atoms with Crippen molar-refractivity contribution in [1.82, 2.24) is 10.1 Å². The first-order chi connectivity index (χ1) is 24.1. The minimum absolute atomic E-state index is 0.184. The zero-order valence-corrected chi connectivity index (χ0v) is 38.9. The molecule has 53 heavy (non-hydrogen) atoms. The molecular formula is C38H57BrI2N2O10. The van der Waals surface area contributed by atoms with Crippen LogP contribution in [0.2, 0.25) is 0 Å². The number of amides is 4. The Hall–Kier alpha value is -2.22. The second-order valence-electron chi connectivity index (χ2n) is 15.5. The number of rotatable bonds is 8. The molecule has 300 valence electrons. The Kier molecular flexibility index (Phi) is 22.7. The molecule has 0 atom stereocenters. The van der Waals surface area contributed by atoms with Gasteiger partial charge in [-0.3, -0.25) is 10.0 Å². The maximum atomic E-state index is 12.3. The highest BCUT2D eigenvalue weighted by Gasteiger charge is 2.33. The number of ether oxygens (including phenoxy) is 4. The predicted octanol–water partition coefficient (Wildman–Crippen LogP) is 11.5. The second-order valence-corrected chi connectivity index (χ2v) is 18.8. The molecule has 1 N–H and O–H groups in total. The topological polar surface area (TPSA) is 141 Å². The Morgan fingerprint density at radius 3 is 1.17 bits per heavy atom. The molecule has 0 aliphatic carbocycles. The molecule has 0 aliphatic heterocycles. The van der Waals surface area contributed by atoms with Crippen LogP contribution in [-0.4, -0.2) is 74.0 Å². The van der Waals surface area contributed by atoms with Gasteiger partial charge in [-0.2, -0.15) is 0 Å². The van der Waals surface area contributed by atoms with E-state index in [0.29, 0.717) is 11.5 Å². The van der Waals surface area contributed by atoms with Crippen molar-refractivity contribution < 1.29 is 48.2 Å². The summed E-state index contributed by atoms with van der Waals surface area (Å²) in [6.45, 7) is 20.2. The Balaban J connectivity index is 0.000000848. The van der Waals surface area contributed by atoms with Crippen LogP contribution < -0.4 is 0 Å². The molecule has 0 saturated carbocycles. The summed E-state index contributed by atoms with van der Waals surface area (Å²) in [7, 11) is 0. The van der Waals surface area contributed by atoms with Crippen molar-refractivity contribution in [2.24, 2.45) is 0 Å². The molecule has 0 bridgehead atoms. The maximum absolute atomic E-state index is 12.3. The van der Waals surface area contributed by atoms with E-state index < -0.39 is 46.8 Å². The second kappa shape index (κ2) is 23.6. The quantitative estimate of drug-likeness (QED) is 0.0678. The first kappa shape index (κ1) is 50.8. The summed E-state index contributed by atoms with van der Waals surface area (Å²) < 4.78 is 22.5. The number of hydrogen-bond donors (Lipinski definition) is 1. The minimum atomic E-state index is -1.17. The zero-order valence-electron chi connectivity index (χ0n) is 33.0. The van der Waals surface area contributed by atoms with E-state index in [1.807, 2.05) is 24.3 Å². The van der Waals surface area contributed by atoms with Crippen molar-refractivity contribution in [3.05, 3.63) is 66.8 Å². The summed E-state index contributed by atoms with van der Waals surface area (Å²) in [6, 6.07) is 16.9. The van der Waals surface area contributed by atoms with E-state index >= 15 is 0 Å². The lowest BCUT2D eigenvalue weighted by atomic mass is 10.1. The molecule has 12 nitrogen and oxygen atoms in total. The van der Waals surface area contributed by atoms with Gasteiger partial charge in [0, 0.05) is 12.5 Å². The smallest absolute Gasteiger partial charge is 0.442 e. The lowest BCUT2D eigenvalue weighted by Crippen LogP contribution is -2.43. The van der Waals surface area contributed by atoms with Gasteiger partial charge >= 0.3 is 24.4 Å². The number of halogens is 3. The van der Waals surface area contributed by atoms with Gasteiger partial charge in [0.1, 0.15) is 22.4 Å². The van der Waals surface area contributed by atoms with Gasteiger partial charge in [-0.25, -0.2) is 19.2 Å². The molecule has 0 unspecified atom stereocenters. The summed E-state index contributed by atoms with van der Waals surface area (Å²) in [4.78, 5) is 52.4. The van der Waals surface area contributed by atoms with E-state index in [9.17, 15) is 24.4 Å². The van der Waals surface area contributed by atoms with Crippen molar-refractivity contribution in [1.29, 1.82) is 0 Å². The lowest BCUT2D eigenvalue weighted by Gasteiger charge is -2.27. The fourth-order valence-electron chi connectivity index (χ4n) is 3.48. The third kappa shape index (κ3) is 27.1. The molecule has 2 aromatic carbocycles. The Morgan fingerprint density at radius 2 is 0.868 bits per heavy atom. The molecule has 15 heteroatoms. The van der Waals surface area contributed by atoms with Crippen LogP contribution in [0.5, 0.6) is 0 Å². The number of carbonyl (C=O) groups is 4. The molecular weight excluding hydrogens is 978 g/mol. The first-order valence-corrected chi connectivity index (χ1v) is 20.3. The van der Waals surface area contributed by atoms with Crippen LogP contribution in [0.3, 0.4) is 0 Å². The van der Waals surface area contributed by atoms with E-state index in [1.165, 1.54) is 25.5 Å². The van der Waals surface area contributed by atoms with Gasteiger partial charge in [-0.15, -0.1) is 0 Å². The lowest BCUT2D eigenvalue weighted by molar-refractivity contribution is -0.138. The summed E-state index contributed by atoms with van der Waals surface area (Å²) in [5, 5.41) is 10.7. The molecule has 4 amide bonds. The summed E-state index contributed by atoms with van der Waals surface area (Å²) in [5.41, 5.74) is -0.482. The normalized spacial score (nSPS) is 11.5. The molecule has 2 aromatic rings. The fourth-order valence-corrected chi connectivity index (χ4v) is 4.48. The van der Waals surface area contributed by atoms with E-state index in [-0.39, 0.29) is 11.7 Å². The standard InChI is InChI=1S/C19H28INO5.C10H19NO5.C9H10BrI/c1-18(2,3)25-16(22)21(17(23)26-19(4,5)6)24-13-7-8-14-9-11-15(20)12-10-14;1-9(2,3)15-7(12)11(14)8(13)16-10(4,5)6;10-7-1-2-8-3-5-9(11)6-4-8/h9-12H,7-8,13H2,1-6H3;14H,1-6H3;3-6H,1-2,7H2. The molecule has 0 radical (unpaired) electrons. The number of aryl methyl sites for hydroxylation is 2. The number of benzene rings is 2. The summed E-state index contributed by atoms with van der Waals surface area (Å²) in [5.74, 6) is 0. The van der Waals surface area contributed by atoms with Crippen molar-refractivity contribution in [3.8, 4) is 0 Å². The predicted molar refractivity (Wildman–Crippen MR) is 225 cm³/mol. The first-order valence-electron chi connectivity index (χ1n) is 17.0. The van der Waals surface area contributed by atoms with E-state index in [0.717, 1.165) is 17.3 Å². The zero-order chi connectivity index (χ0) is 41.2. The third-order valence-corrected chi connectivity index (χ3v) is 7.51. The highest BCUT2D eigenvalue weighted by Crippen LogP contribution is 2.17. The molecule has 0 spiro atoms. The molecule has 0 saturated heterocycles. The number of hydrogen-bond acceptors (Lipinski definition) is 10. The van der Waals surface area contributed by atoms with Gasteiger partial charge < -0.3 is 18.9 Å². The monoisotopic (exact) mass is 1030 g/mol. The van der Waals surface area contributed by atoms with Crippen molar-refractivity contribution in [3.63, 3.8) is 0 Å². The van der Waals surface area contributed by atoms with Crippen LogP contribution in [0.15, 0.2) is 48.5 Å². The van der Waals surface area contributed by atoms with Crippen LogP contribution in [-0.2, 0) is 36.6 Å². The maximum Gasteiger partial charge on any atom is 0.444 e. The molecule has 0 aliphatic rings. The summed E-state index contributed by atoms with van der Waals surface area (Å²) >= 11 is 8.00. The average molecular weight is 1040 g/mol. The molecule has 0 fully saturated rings. The summed E-state index contributed by atoms with van der Waals surface area (Å²) in [6.07, 6.45) is -0.288. The van der Waals surface area contributed by atoms with E-state index in [2.05, 4.69) is 85.4 Å². The van der Waals surface area contributed by atoms with Crippen LogP contribution in [0, 0.1) is 7.14 Å². The third-order valence-electron chi connectivity index (χ3n) is 5.51. The Morgan fingerprint density at radius 1 is 0.566 bits per heavy atom. The van der Waals surface area contributed by atoms with Gasteiger partial charge in [0.05, 0.1) is 6.61 Å². The van der Waals surface area contributed by atoms with Gasteiger partial charge in [-0.1, -0.05) is 50.3 Å². The van der Waals surface area contributed by atoms with Crippen LogP contribution in [0.25, 0.3) is 0 Å². The molecule has 0 heterocycles. The van der Waals surface area contributed by atoms with Gasteiger partial charge in [-0.05, 0) is 189 Å². The number of imide groups is 2. The van der Waals surface area contributed by atoms with Crippen molar-refractivity contribution >= 4 is 85.5 Å². The van der Waals surface area contributed by atoms with Crippen molar-refractivity contribution in [2.75, 3.05) is 11.9 Å². The Labute approximate surface area is 351 Å². The number of nitrogens with zero attached hydrogens (tertiary/aromatic N) is 2. The largest absolute Gasteiger partial charge is 0.444 e. The fraction of sp³-hybridized carbons (Fsp3) is 0.579. The van der Waals surface area contributed by atoms with Gasteiger partial charge in [0.15, 0.2) is 0 Å². The van der Waals surface area contributed by atoms with Gasteiger partial charge in [0.25, 0.3) is 0 Å².